The lowest BCUT2D eigenvalue weighted by Crippen LogP contribution is -2.24. The Bertz CT molecular complexity index is 1020. The van der Waals surface area contributed by atoms with Crippen LogP contribution in [0.1, 0.15) is 0 Å². The van der Waals surface area contributed by atoms with Crippen LogP contribution in [-0.2, 0) is 10.0 Å². The molecular weight excluding hydrogens is 336 g/mol. The standard InChI is InChI=1S/C19H16N2O3S/c22-25(23,19-10-9-16-6-1-2-7-17(16)14-19)21-12-3-4-13-24-18-8-5-11-20-15-18/h1-2,5-11,14-15,21H,12-13H2. The van der Waals surface area contributed by atoms with E-state index in [0.29, 0.717) is 5.75 Å². The second-order valence-corrected chi connectivity index (χ2v) is 6.93. The monoisotopic (exact) mass is 352 g/mol. The van der Waals surface area contributed by atoms with E-state index in [9.17, 15) is 8.42 Å². The van der Waals surface area contributed by atoms with E-state index in [-0.39, 0.29) is 18.0 Å². The third-order valence-corrected chi connectivity index (χ3v) is 4.85. The van der Waals surface area contributed by atoms with Crippen LogP contribution in [0, 0.1) is 11.8 Å². The van der Waals surface area contributed by atoms with E-state index in [0.717, 1.165) is 10.8 Å². The van der Waals surface area contributed by atoms with Gasteiger partial charge < -0.3 is 4.74 Å². The fraction of sp³-hybridized carbons (Fsp3) is 0.105. The minimum atomic E-state index is -3.59. The van der Waals surface area contributed by atoms with Crippen LogP contribution < -0.4 is 9.46 Å². The lowest BCUT2D eigenvalue weighted by molar-refractivity contribution is 0.368. The van der Waals surface area contributed by atoms with Gasteiger partial charge in [0.25, 0.3) is 0 Å². The number of pyridine rings is 1. The van der Waals surface area contributed by atoms with Gasteiger partial charge >= 0.3 is 0 Å². The maximum atomic E-state index is 12.3. The number of nitrogens with one attached hydrogen (secondary N) is 1. The summed E-state index contributed by atoms with van der Waals surface area (Å²) in [5, 5.41) is 1.87. The van der Waals surface area contributed by atoms with Crippen LogP contribution in [0.5, 0.6) is 5.75 Å². The largest absolute Gasteiger partial charge is 0.479 e. The maximum Gasteiger partial charge on any atom is 0.241 e. The van der Waals surface area contributed by atoms with Gasteiger partial charge in [-0.05, 0) is 35.0 Å². The van der Waals surface area contributed by atoms with Gasteiger partial charge in [-0.2, -0.15) is 4.72 Å². The van der Waals surface area contributed by atoms with Crippen molar-refractivity contribution in [1.29, 1.82) is 0 Å². The van der Waals surface area contributed by atoms with Crippen molar-refractivity contribution >= 4 is 20.8 Å². The molecule has 0 spiro atoms. The van der Waals surface area contributed by atoms with Crippen LogP contribution >= 0.6 is 0 Å². The highest BCUT2D eigenvalue weighted by molar-refractivity contribution is 7.89. The van der Waals surface area contributed by atoms with E-state index in [1.165, 1.54) is 0 Å². The SMILES string of the molecule is O=S(=O)(NCC#CCOc1cccnc1)c1ccc2ccccc2c1. The molecule has 5 nitrogen and oxygen atoms in total. The summed E-state index contributed by atoms with van der Waals surface area (Å²) in [5.41, 5.74) is 0. The van der Waals surface area contributed by atoms with Crippen molar-refractivity contribution in [1.82, 2.24) is 9.71 Å². The van der Waals surface area contributed by atoms with Crippen molar-refractivity contribution in [3.8, 4) is 17.6 Å². The van der Waals surface area contributed by atoms with Gasteiger partial charge in [-0.3, -0.25) is 4.98 Å². The molecule has 0 aliphatic heterocycles. The van der Waals surface area contributed by atoms with Gasteiger partial charge in [0, 0.05) is 6.20 Å². The Morgan fingerprint density at radius 3 is 2.64 bits per heavy atom. The number of benzene rings is 2. The molecule has 0 bridgehead atoms. The Morgan fingerprint density at radius 1 is 1.00 bits per heavy atom. The summed E-state index contributed by atoms with van der Waals surface area (Å²) in [6.45, 7) is 0.189. The zero-order chi connectivity index (χ0) is 17.5. The molecule has 3 aromatic rings. The van der Waals surface area contributed by atoms with Gasteiger partial charge in [0.1, 0.15) is 12.4 Å². The summed E-state index contributed by atoms with van der Waals surface area (Å²) in [5.74, 6) is 6.11. The molecule has 126 valence electrons. The topological polar surface area (TPSA) is 68.3 Å². The molecule has 1 aromatic heterocycles. The summed E-state index contributed by atoms with van der Waals surface area (Å²) >= 11 is 0. The van der Waals surface area contributed by atoms with Gasteiger partial charge in [0.15, 0.2) is 0 Å². The first-order valence-electron chi connectivity index (χ1n) is 7.62. The Hall–Kier alpha value is -2.88. The third-order valence-electron chi connectivity index (χ3n) is 3.45. The van der Waals surface area contributed by atoms with Crippen LogP contribution in [0.2, 0.25) is 0 Å². The van der Waals surface area contributed by atoms with E-state index in [4.69, 9.17) is 4.74 Å². The first kappa shape index (κ1) is 17.0. The molecule has 0 amide bonds. The lowest BCUT2D eigenvalue weighted by Gasteiger charge is -2.05. The molecule has 0 saturated heterocycles. The molecule has 0 aliphatic rings. The zero-order valence-corrected chi connectivity index (χ0v) is 14.2. The Kier molecular flexibility index (Phi) is 5.29. The normalized spacial score (nSPS) is 10.9. The summed E-state index contributed by atoms with van der Waals surface area (Å²) in [4.78, 5) is 4.14. The smallest absolute Gasteiger partial charge is 0.241 e. The van der Waals surface area contributed by atoms with Crippen molar-refractivity contribution in [3.05, 3.63) is 67.0 Å². The molecule has 0 aliphatic carbocycles. The number of hydrogen-bond donors (Lipinski definition) is 1. The summed E-state index contributed by atoms with van der Waals surface area (Å²) in [6.07, 6.45) is 3.24. The van der Waals surface area contributed by atoms with E-state index >= 15 is 0 Å². The molecule has 25 heavy (non-hydrogen) atoms. The van der Waals surface area contributed by atoms with Crippen LogP contribution in [-0.4, -0.2) is 26.6 Å². The minimum Gasteiger partial charge on any atom is -0.479 e. The molecule has 2 aromatic carbocycles. The van der Waals surface area contributed by atoms with Crippen molar-refractivity contribution in [2.75, 3.05) is 13.2 Å². The van der Waals surface area contributed by atoms with E-state index in [1.807, 2.05) is 24.3 Å². The average molecular weight is 352 g/mol. The summed E-state index contributed by atoms with van der Waals surface area (Å²) in [7, 11) is -3.59. The maximum absolute atomic E-state index is 12.3. The second-order valence-electron chi connectivity index (χ2n) is 5.16. The minimum absolute atomic E-state index is 0.0194. The average Bonchev–Trinajstić information content (AvgIpc) is 2.65. The number of fused-ring (bicyclic) bond motifs is 1. The molecule has 3 rings (SSSR count). The lowest BCUT2D eigenvalue weighted by atomic mass is 10.1. The molecule has 0 fully saturated rings. The number of aromatic nitrogens is 1. The highest BCUT2D eigenvalue weighted by Gasteiger charge is 2.12. The van der Waals surface area contributed by atoms with E-state index < -0.39 is 10.0 Å². The quantitative estimate of drug-likeness (QED) is 0.717. The fourth-order valence-corrected chi connectivity index (χ4v) is 3.17. The highest BCUT2D eigenvalue weighted by Crippen LogP contribution is 2.18. The van der Waals surface area contributed by atoms with Gasteiger partial charge in [-0.1, -0.05) is 42.2 Å². The number of sulfonamides is 1. The molecular formula is C19H16N2O3S. The number of nitrogens with zero attached hydrogens (tertiary/aromatic N) is 1. The van der Waals surface area contributed by atoms with Crippen molar-refractivity contribution in [2.24, 2.45) is 0 Å². The first-order chi connectivity index (χ1) is 12.1. The summed E-state index contributed by atoms with van der Waals surface area (Å²) in [6, 6.07) is 16.2. The molecule has 6 heteroatoms. The number of ether oxygens (including phenoxy) is 1. The molecule has 1 heterocycles. The van der Waals surface area contributed by atoms with Crippen LogP contribution in [0.4, 0.5) is 0 Å². The Labute approximate surface area is 146 Å². The van der Waals surface area contributed by atoms with Crippen molar-refractivity contribution in [2.45, 2.75) is 4.90 Å². The Morgan fingerprint density at radius 2 is 1.84 bits per heavy atom. The van der Waals surface area contributed by atoms with Gasteiger partial charge in [-0.25, -0.2) is 8.42 Å². The molecule has 0 saturated carbocycles. The van der Waals surface area contributed by atoms with Gasteiger partial charge in [0.05, 0.1) is 17.6 Å². The van der Waals surface area contributed by atoms with Crippen LogP contribution in [0.25, 0.3) is 10.8 Å². The molecule has 0 radical (unpaired) electrons. The predicted octanol–water partition coefficient (Wildman–Crippen LogP) is 2.60. The molecule has 1 N–H and O–H groups in total. The molecule has 0 atom stereocenters. The predicted molar refractivity (Wildman–Crippen MR) is 96.6 cm³/mol. The van der Waals surface area contributed by atoms with Crippen LogP contribution in [0.15, 0.2) is 71.9 Å². The Balaban J connectivity index is 1.57. The van der Waals surface area contributed by atoms with Crippen molar-refractivity contribution in [3.63, 3.8) is 0 Å². The van der Waals surface area contributed by atoms with Gasteiger partial charge in [0.2, 0.25) is 10.0 Å². The third kappa shape index (κ3) is 4.57. The van der Waals surface area contributed by atoms with E-state index in [2.05, 4.69) is 21.5 Å². The zero-order valence-electron chi connectivity index (χ0n) is 13.3. The van der Waals surface area contributed by atoms with Crippen LogP contribution in [0.3, 0.4) is 0 Å². The van der Waals surface area contributed by atoms with Gasteiger partial charge in [-0.15, -0.1) is 0 Å². The molecule has 0 unspecified atom stereocenters. The number of rotatable bonds is 5. The van der Waals surface area contributed by atoms with E-state index in [1.54, 1.807) is 42.7 Å². The first-order valence-corrected chi connectivity index (χ1v) is 9.10. The number of hydrogen-bond acceptors (Lipinski definition) is 4. The highest BCUT2D eigenvalue weighted by atomic mass is 32.2. The second kappa shape index (κ2) is 7.79. The fourth-order valence-electron chi connectivity index (χ4n) is 2.21. The summed E-state index contributed by atoms with van der Waals surface area (Å²) < 4.78 is 32.5. The van der Waals surface area contributed by atoms with Crippen molar-refractivity contribution < 1.29 is 13.2 Å².